The molecule has 0 amide bonds. The molecule has 0 saturated carbocycles. The first-order valence-corrected chi connectivity index (χ1v) is 11.7. The molecule has 35 heavy (non-hydrogen) atoms. The summed E-state index contributed by atoms with van der Waals surface area (Å²) >= 11 is 0. The quantitative estimate of drug-likeness (QED) is 0.313. The molecule has 0 fully saturated rings. The van der Waals surface area contributed by atoms with Crippen LogP contribution < -0.4 is 10.0 Å². The normalized spacial score (nSPS) is 11.7. The zero-order chi connectivity index (χ0) is 24.7. The number of rotatable bonds is 6. The van der Waals surface area contributed by atoms with Gasteiger partial charge in [-0.2, -0.15) is 0 Å². The van der Waals surface area contributed by atoms with Crippen LogP contribution in [0.15, 0.2) is 58.5 Å². The number of aromatic amines is 1. The third-order valence-electron chi connectivity index (χ3n) is 5.15. The molecule has 0 aliphatic carbocycles. The first-order valence-electron chi connectivity index (χ1n) is 10.2. The van der Waals surface area contributed by atoms with Crippen LogP contribution in [-0.4, -0.2) is 33.3 Å². The van der Waals surface area contributed by atoms with Gasteiger partial charge in [-0.1, -0.05) is 0 Å². The molecule has 0 aliphatic heterocycles. The first-order chi connectivity index (χ1) is 16.7. The topological polar surface area (TPSA) is 139 Å². The highest BCUT2D eigenvalue weighted by Gasteiger charge is 2.24. The van der Waals surface area contributed by atoms with E-state index in [1.807, 2.05) is 0 Å². The molecule has 10 nitrogen and oxygen atoms in total. The second-order valence-electron chi connectivity index (χ2n) is 7.51. The van der Waals surface area contributed by atoms with Crippen molar-refractivity contribution in [3.63, 3.8) is 0 Å². The maximum atomic E-state index is 15.4. The lowest BCUT2D eigenvalue weighted by molar-refractivity contribution is 0.496. The lowest BCUT2D eigenvalue weighted by Gasteiger charge is -2.15. The zero-order valence-corrected chi connectivity index (χ0v) is 19.1. The molecule has 1 aromatic carbocycles. The molecule has 0 bridgehead atoms. The van der Waals surface area contributed by atoms with Gasteiger partial charge in [-0.15, -0.1) is 0 Å². The Morgan fingerprint density at radius 2 is 1.89 bits per heavy atom. The Morgan fingerprint density at radius 1 is 1.06 bits per heavy atom. The Labute approximate surface area is 197 Å². The first kappa shape index (κ1) is 22.4. The van der Waals surface area contributed by atoms with Crippen LogP contribution in [-0.2, 0) is 10.0 Å². The SMILES string of the molecule is Cc1cc(S(=O)(=O)Nc2ccc(F)c(Nc3ncccc3-c3ncnc4nc[nH]c34)c2F)c(C)o1. The molecule has 4 aromatic heterocycles. The predicted molar refractivity (Wildman–Crippen MR) is 124 cm³/mol. The van der Waals surface area contributed by atoms with Crippen LogP contribution in [0, 0.1) is 25.5 Å². The molecule has 0 radical (unpaired) electrons. The number of nitrogens with zero attached hydrogens (tertiary/aromatic N) is 4. The molecule has 5 rings (SSSR count). The molecule has 0 unspecified atom stereocenters. The van der Waals surface area contributed by atoms with E-state index in [4.69, 9.17) is 4.42 Å². The van der Waals surface area contributed by atoms with Crippen LogP contribution in [0.1, 0.15) is 11.5 Å². The number of aromatic nitrogens is 5. The monoisotopic (exact) mass is 497 g/mol. The second kappa shape index (κ2) is 8.43. The van der Waals surface area contributed by atoms with Gasteiger partial charge in [0.25, 0.3) is 10.0 Å². The molecule has 0 atom stereocenters. The lowest BCUT2D eigenvalue weighted by atomic mass is 10.1. The Kier molecular flexibility index (Phi) is 5.40. The smallest absolute Gasteiger partial charge is 0.265 e. The third-order valence-corrected chi connectivity index (χ3v) is 6.62. The Hall–Kier alpha value is -4.39. The van der Waals surface area contributed by atoms with E-state index in [0.29, 0.717) is 28.2 Å². The lowest BCUT2D eigenvalue weighted by Crippen LogP contribution is -2.15. The number of halogens is 2. The van der Waals surface area contributed by atoms with Gasteiger partial charge in [-0.3, -0.25) is 4.72 Å². The van der Waals surface area contributed by atoms with Gasteiger partial charge in [-0.25, -0.2) is 37.1 Å². The van der Waals surface area contributed by atoms with E-state index in [-0.39, 0.29) is 16.5 Å². The summed E-state index contributed by atoms with van der Waals surface area (Å²) in [6.07, 6.45) is 4.19. The van der Waals surface area contributed by atoms with Crippen molar-refractivity contribution in [3.05, 3.63) is 72.3 Å². The van der Waals surface area contributed by atoms with E-state index in [9.17, 15) is 12.8 Å². The van der Waals surface area contributed by atoms with Crippen molar-refractivity contribution >= 4 is 38.4 Å². The van der Waals surface area contributed by atoms with Gasteiger partial charge in [0.05, 0.1) is 12.0 Å². The van der Waals surface area contributed by atoms with Crippen molar-refractivity contribution in [2.75, 3.05) is 10.0 Å². The molecule has 178 valence electrons. The molecule has 0 saturated heterocycles. The maximum Gasteiger partial charge on any atom is 0.265 e. The number of pyridine rings is 1. The van der Waals surface area contributed by atoms with Crippen LogP contribution in [0.3, 0.4) is 0 Å². The van der Waals surface area contributed by atoms with Crippen molar-refractivity contribution in [1.29, 1.82) is 0 Å². The van der Waals surface area contributed by atoms with E-state index in [0.717, 1.165) is 12.1 Å². The molecular formula is C22H17F2N7O3S. The summed E-state index contributed by atoms with van der Waals surface area (Å²) in [5, 5.41) is 2.64. The van der Waals surface area contributed by atoms with Crippen molar-refractivity contribution in [1.82, 2.24) is 24.9 Å². The molecule has 4 heterocycles. The van der Waals surface area contributed by atoms with Crippen molar-refractivity contribution in [3.8, 4) is 11.3 Å². The van der Waals surface area contributed by atoms with Gasteiger partial charge >= 0.3 is 0 Å². The molecular weight excluding hydrogens is 480 g/mol. The third kappa shape index (κ3) is 4.05. The number of sulfonamides is 1. The number of hydrogen-bond donors (Lipinski definition) is 3. The van der Waals surface area contributed by atoms with Crippen LogP contribution in [0.4, 0.5) is 26.0 Å². The second-order valence-corrected chi connectivity index (χ2v) is 9.17. The van der Waals surface area contributed by atoms with Crippen molar-refractivity contribution in [2.24, 2.45) is 0 Å². The van der Waals surface area contributed by atoms with Gasteiger partial charge in [0.2, 0.25) is 0 Å². The number of anilines is 3. The van der Waals surface area contributed by atoms with Gasteiger partial charge in [-0.05, 0) is 38.1 Å². The summed E-state index contributed by atoms with van der Waals surface area (Å²) in [5.41, 5.74) is 0.688. The number of benzene rings is 1. The molecule has 0 aliphatic rings. The number of aryl methyl sites for hydroxylation is 2. The summed E-state index contributed by atoms with van der Waals surface area (Å²) in [6.45, 7) is 3.06. The summed E-state index contributed by atoms with van der Waals surface area (Å²) in [6, 6.07) is 6.54. The number of furan rings is 1. The summed E-state index contributed by atoms with van der Waals surface area (Å²) in [7, 11) is -4.19. The maximum absolute atomic E-state index is 15.4. The molecule has 13 heteroatoms. The molecule has 3 N–H and O–H groups in total. The van der Waals surface area contributed by atoms with Gasteiger partial charge in [0, 0.05) is 17.8 Å². The van der Waals surface area contributed by atoms with Crippen LogP contribution in [0.5, 0.6) is 0 Å². The van der Waals surface area contributed by atoms with Gasteiger partial charge in [0.15, 0.2) is 11.5 Å². The highest BCUT2D eigenvalue weighted by molar-refractivity contribution is 7.92. The Bertz CT molecular complexity index is 1680. The highest BCUT2D eigenvalue weighted by Crippen LogP contribution is 2.34. The minimum Gasteiger partial charge on any atom is -0.465 e. The highest BCUT2D eigenvalue weighted by atomic mass is 32.2. The summed E-state index contributed by atoms with van der Waals surface area (Å²) in [5.74, 6) is -1.50. The minimum atomic E-state index is -4.19. The number of imidazole rings is 1. The minimum absolute atomic E-state index is 0.0845. The van der Waals surface area contributed by atoms with Crippen molar-refractivity contribution in [2.45, 2.75) is 18.7 Å². The van der Waals surface area contributed by atoms with E-state index in [1.165, 1.54) is 31.8 Å². The fourth-order valence-corrected chi connectivity index (χ4v) is 4.90. The fourth-order valence-electron chi connectivity index (χ4n) is 3.60. The molecule has 5 aromatic rings. The Morgan fingerprint density at radius 3 is 2.66 bits per heavy atom. The molecule has 0 spiro atoms. The van der Waals surface area contributed by atoms with Crippen LogP contribution >= 0.6 is 0 Å². The van der Waals surface area contributed by atoms with E-state index < -0.39 is 33.0 Å². The van der Waals surface area contributed by atoms with Crippen LogP contribution in [0.2, 0.25) is 0 Å². The van der Waals surface area contributed by atoms with E-state index in [1.54, 1.807) is 19.1 Å². The number of H-pyrrole nitrogens is 1. The number of fused-ring (bicyclic) bond motifs is 1. The van der Waals surface area contributed by atoms with E-state index >= 15 is 4.39 Å². The van der Waals surface area contributed by atoms with Crippen molar-refractivity contribution < 1.29 is 21.6 Å². The van der Waals surface area contributed by atoms with E-state index in [2.05, 4.69) is 35.0 Å². The fraction of sp³-hybridized carbons (Fsp3) is 0.0909. The average molecular weight is 497 g/mol. The number of nitrogens with one attached hydrogen (secondary N) is 3. The largest absolute Gasteiger partial charge is 0.465 e. The van der Waals surface area contributed by atoms with Crippen LogP contribution in [0.25, 0.3) is 22.4 Å². The number of hydrogen-bond acceptors (Lipinski definition) is 8. The van der Waals surface area contributed by atoms with Gasteiger partial charge in [0.1, 0.15) is 51.3 Å². The summed E-state index contributed by atoms with van der Waals surface area (Å²) < 4.78 is 63.1. The summed E-state index contributed by atoms with van der Waals surface area (Å²) in [4.78, 5) is 19.4. The zero-order valence-electron chi connectivity index (χ0n) is 18.3. The Balaban J connectivity index is 1.54. The van der Waals surface area contributed by atoms with Gasteiger partial charge < -0.3 is 14.7 Å². The standard InChI is InChI=1S/C22H17F2N7O3S/c1-11-8-16(12(2)34-11)35(32,33)31-15-6-5-14(23)19(17(15)24)30-21-13(4-3-7-25-21)18-20-22(28-9-26-18)29-10-27-20/h3-10,31H,1-2H3,(H,25,30)(H,26,27,28,29). The average Bonchev–Trinajstić information content (AvgIpc) is 3.45. The predicted octanol–water partition coefficient (Wildman–Crippen LogP) is 4.45.